The van der Waals surface area contributed by atoms with Crippen molar-refractivity contribution < 1.29 is 28.6 Å². The summed E-state index contributed by atoms with van der Waals surface area (Å²) in [4.78, 5) is 50.3. The molecule has 9 heteroatoms. The van der Waals surface area contributed by atoms with Crippen LogP contribution >= 0.6 is 0 Å². The Morgan fingerprint density at radius 2 is 1.32 bits per heavy atom. The monoisotopic (exact) mass is 910 g/mol. The van der Waals surface area contributed by atoms with Crippen LogP contribution in [0, 0.1) is 79.3 Å². The number of piperazine rings is 1. The molecule has 9 aliphatic rings. The highest BCUT2D eigenvalue weighted by Gasteiger charge is 2.74. The topological polar surface area (TPSA) is 88.6 Å². The number of morpholine rings is 1. The SMILES string of the molecule is CC1([C@@H]2CC[C@]3(C(=O)N4CCN(CCCN5CCOCC5)CC4)CC[C@]4(C)[C@H](CC[C@@H]5[C@@]6(C)CC[C@H](OC(=O)[C@H]7C[C@@H](C(=O)OCc8ccccc8)C7(C)C)C(C)(C)[C@@H]6CC[C@]54C)[C@@H]23)CC1. The highest BCUT2D eigenvalue weighted by atomic mass is 16.5. The Morgan fingerprint density at radius 1 is 0.636 bits per heavy atom. The van der Waals surface area contributed by atoms with Gasteiger partial charge in [0.25, 0.3) is 0 Å². The fourth-order valence-corrected chi connectivity index (χ4v) is 18.1. The molecule has 2 saturated heterocycles. The van der Waals surface area contributed by atoms with Crippen LogP contribution in [0.3, 0.4) is 0 Å². The van der Waals surface area contributed by atoms with Gasteiger partial charge in [-0.1, -0.05) is 85.7 Å². The quantitative estimate of drug-likeness (QED) is 0.203. The van der Waals surface area contributed by atoms with E-state index in [1.54, 1.807) is 0 Å². The lowest BCUT2D eigenvalue weighted by Crippen LogP contribution is -2.68. The maximum atomic E-state index is 15.4. The van der Waals surface area contributed by atoms with Gasteiger partial charge < -0.3 is 19.1 Å². The maximum Gasteiger partial charge on any atom is 0.309 e. The van der Waals surface area contributed by atoms with Crippen LogP contribution in [-0.4, -0.2) is 104 Å². The third kappa shape index (κ3) is 7.57. The van der Waals surface area contributed by atoms with Crippen molar-refractivity contribution in [2.24, 2.45) is 79.3 Å². The number of rotatable bonds is 11. The zero-order valence-electron chi connectivity index (χ0n) is 42.5. The number of nitrogens with zero attached hydrogens (tertiary/aromatic N) is 3. The van der Waals surface area contributed by atoms with E-state index >= 15 is 4.79 Å². The lowest BCUT2D eigenvalue weighted by Gasteiger charge is -2.73. The van der Waals surface area contributed by atoms with E-state index < -0.39 is 5.41 Å². The van der Waals surface area contributed by atoms with Crippen molar-refractivity contribution in [3.05, 3.63) is 35.9 Å². The van der Waals surface area contributed by atoms with Crippen LogP contribution in [-0.2, 0) is 35.2 Å². The number of hydrogen-bond acceptors (Lipinski definition) is 8. The molecule has 0 aromatic heterocycles. The van der Waals surface area contributed by atoms with Gasteiger partial charge in [0.2, 0.25) is 5.91 Å². The molecule has 1 amide bonds. The van der Waals surface area contributed by atoms with Gasteiger partial charge >= 0.3 is 11.9 Å². The Kier molecular flexibility index (Phi) is 12.2. The van der Waals surface area contributed by atoms with Gasteiger partial charge in [-0.2, -0.15) is 0 Å². The molecular formula is C57H87N3O6. The average Bonchev–Trinajstić information content (AvgIpc) is 3.91. The summed E-state index contributed by atoms with van der Waals surface area (Å²) in [6, 6.07) is 9.81. The molecule has 0 radical (unpaired) electrons. The number of amides is 1. The average molecular weight is 910 g/mol. The first kappa shape index (κ1) is 47.2. The molecule has 10 rings (SSSR count). The van der Waals surface area contributed by atoms with Crippen molar-refractivity contribution in [3.63, 3.8) is 0 Å². The number of benzene rings is 1. The Balaban J connectivity index is 0.804. The van der Waals surface area contributed by atoms with Gasteiger partial charge in [-0.15, -0.1) is 0 Å². The van der Waals surface area contributed by atoms with Gasteiger partial charge in [0.05, 0.1) is 30.5 Å². The Bertz CT molecular complexity index is 1970. The second kappa shape index (κ2) is 17.1. The maximum absolute atomic E-state index is 15.4. The van der Waals surface area contributed by atoms with Crippen molar-refractivity contribution in [2.75, 3.05) is 65.6 Å². The minimum absolute atomic E-state index is 0.125. The molecule has 7 saturated carbocycles. The molecule has 12 atom stereocenters. The molecule has 7 aliphatic carbocycles. The van der Waals surface area contributed by atoms with E-state index in [9.17, 15) is 9.59 Å². The largest absolute Gasteiger partial charge is 0.462 e. The Labute approximate surface area is 398 Å². The van der Waals surface area contributed by atoms with Crippen molar-refractivity contribution >= 4 is 17.8 Å². The molecule has 2 heterocycles. The molecule has 0 unspecified atom stereocenters. The third-order valence-electron chi connectivity index (χ3n) is 22.8. The first-order chi connectivity index (χ1) is 31.4. The standard InChI is InChI=1S/C57H87N3O6/c1-51(2)42(48(61)65-38-39-13-10-9-11-14-39)37-43(51)49(62)66-46-19-20-54(6)44(52(46,3)4)18-21-56(8)45(54)16-15-41-47-40(53(5)23-24-53)17-22-57(47,26-25-55(41,56)7)50(63)60-31-29-58(30-32-60)27-12-28-59-33-35-64-36-34-59/h9-11,13-14,40-47H,12,15-38H2,1-8H3/t40-,41-,42+,43-,44+,45-,46+,47-,54+,55-,56-,57+/m1/s1. The van der Waals surface area contributed by atoms with Crippen molar-refractivity contribution in [3.8, 4) is 0 Å². The third-order valence-corrected chi connectivity index (χ3v) is 22.8. The molecule has 66 heavy (non-hydrogen) atoms. The van der Waals surface area contributed by atoms with E-state index in [1.807, 2.05) is 44.2 Å². The number of esters is 2. The Morgan fingerprint density at radius 3 is 2.00 bits per heavy atom. The lowest BCUT2D eigenvalue weighted by molar-refractivity contribution is -0.253. The molecule has 1 aromatic carbocycles. The van der Waals surface area contributed by atoms with Crippen LogP contribution in [0.1, 0.15) is 151 Å². The number of ether oxygens (including phenoxy) is 3. The Hall–Kier alpha value is -2.49. The molecule has 9 nitrogen and oxygen atoms in total. The van der Waals surface area contributed by atoms with E-state index in [-0.39, 0.29) is 63.6 Å². The first-order valence-corrected chi connectivity index (χ1v) is 27.1. The molecule has 0 bridgehead atoms. The van der Waals surface area contributed by atoms with E-state index in [4.69, 9.17) is 14.2 Å². The van der Waals surface area contributed by atoms with Crippen LogP contribution in [0.2, 0.25) is 0 Å². The highest BCUT2D eigenvalue weighted by molar-refractivity contribution is 5.84. The summed E-state index contributed by atoms with van der Waals surface area (Å²) < 4.78 is 18.0. The zero-order chi connectivity index (χ0) is 46.5. The molecule has 0 N–H and O–H groups in total. The molecule has 0 spiro atoms. The van der Waals surface area contributed by atoms with Gasteiger partial charge in [0, 0.05) is 44.7 Å². The molecule has 1 aromatic rings. The van der Waals surface area contributed by atoms with E-state index in [0.717, 1.165) is 96.8 Å². The summed E-state index contributed by atoms with van der Waals surface area (Å²) >= 11 is 0. The molecular weight excluding hydrogens is 823 g/mol. The number of carbonyl (C=O) groups excluding carboxylic acids is 3. The highest BCUT2D eigenvalue weighted by Crippen LogP contribution is 2.79. The molecule has 9 fully saturated rings. The fraction of sp³-hybridized carbons (Fsp3) is 0.842. The molecule has 2 aliphatic heterocycles. The van der Waals surface area contributed by atoms with Gasteiger partial charge in [0.15, 0.2) is 0 Å². The summed E-state index contributed by atoms with van der Waals surface area (Å²) in [5, 5.41) is 0. The zero-order valence-corrected chi connectivity index (χ0v) is 42.5. The summed E-state index contributed by atoms with van der Waals surface area (Å²) in [6.45, 7) is 29.8. The van der Waals surface area contributed by atoms with Crippen LogP contribution in [0.15, 0.2) is 30.3 Å². The predicted octanol–water partition coefficient (Wildman–Crippen LogP) is 10.1. The lowest BCUT2D eigenvalue weighted by atomic mass is 9.32. The molecule has 366 valence electrons. The van der Waals surface area contributed by atoms with E-state index in [2.05, 4.69) is 56.2 Å². The summed E-state index contributed by atoms with van der Waals surface area (Å²) in [5.74, 6) is 2.44. The minimum Gasteiger partial charge on any atom is -0.462 e. The van der Waals surface area contributed by atoms with Crippen LogP contribution in [0.5, 0.6) is 0 Å². The number of fused-ring (bicyclic) bond motifs is 7. The van der Waals surface area contributed by atoms with Gasteiger partial charge in [-0.05, 0) is 165 Å². The van der Waals surface area contributed by atoms with Crippen molar-refractivity contribution in [1.29, 1.82) is 0 Å². The smallest absolute Gasteiger partial charge is 0.309 e. The van der Waals surface area contributed by atoms with Crippen LogP contribution < -0.4 is 0 Å². The van der Waals surface area contributed by atoms with E-state index in [1.165, 1.54) is 57.8 Å². The van der Waals surface area contributed by atoms with Crippen LogP contribution in [0.25, 0.3) is 0 Å². The van der Waals surface area contributed by atoms with Gasteiger partial charge in [-0.3, -0.25) is 24.2 Å². The van der Waals surface area contributed by atoms with E-state index in [0.29, 0.717) is 47.3 Å². The number of hydrogen-bond donors (Lipinski definition) is 0. The van der Waals surface area contributed by atoms with Crippen LogP contribution in [0.4, 0.5) is 0 Å². The summed E-state index contributed by atoms with van der Waals surface area (Å²) in [6.07, 6.45) is 15.7. The first-order valence-electron chi connectivity index (χ1n) is 27.1. The van der Waals surface area contributed by atoms with Crippen molar-refractivity contribution in [2.45, 2.75) is 158 Å². The second-order valence-electron chi connectivity index (χ2n) is 26.1. The second-order valence-corrected chi connectivity index (χ2v) is 26.1. The normalized spacial score (nSPS) is 42.4. The van der Waals surface area contributed by atoms with Gasteiger partial charge in [0.1, 0.15) is 12.7 Å². The predicted molar refractivity (Wildman–Crippen MR) is 258 cm³/mol. The summed E-state index contributed by atoms with van der Waals surface area (Å²) in [5.41, 5.74) is 1.11. The summed E-state index contributed by atoms with van der Waals surface area (Å²) in [7, 11) is 0. The van der Waals surface area contributed by atoms with Crippen molar-refractivity contribution in [1.82, 2.24) is 14.7 Å². The number of carbonyl (C=O) groups is 3. The fourth-order valence-electron chi connectivity index (χ4n) is 18.1. The minimum atomic E-state index is -0.505. The van der Waals surface area contributed by atoms with Gasteiger partial charge in [-0.25, -0.2) is 0 Å².